The van der Waals surface area contributed by atoms with Crippen LogP contribution in [0.3, 0.4) is 0 Å². The summed E-state index contributed by atoms with van der Waals surface area (Å²) in [6.45, 7) is 5.40. The van der Waals surface area contributed by atoms with Crippen LogP contribution in [0, 0.1) is 0 Å². The summed E-state index contributed by atoms with van der Waals surface area (Å²) >= 11 is 3.54. The zero-order valence-corrected chi connectivity index (χ0v) is 13.0. The minimum atomic E-state index is 1.02. The second kappa shape index (κ2) is 6.37. The first-order chi connectivity index (χ1) is 9.81. The Bertz CT molecular complexity index is 551. The molecule has 2 aromatic rings. The molecule has 0 unspecified atom stereocenters. The Kier molecular flexibility index (Phi) is 4.33. The molecule has 0 amide bonds. The quantitative estimate of drug-likeness (QED) is 0.861. The number of halogens is 1. The number of hydrogen-bond donors (Lipinski definition) is 0. The number of pyridine rings is 1. The summed E-state index contributed by atoms with van der Waals surface area (Å²) in [4.78, 5) is 9.02. The van der Waals surface area contributed by atoms with Crippen LogP contribution in [0.5, 0.6) is 0 Å². The van der Waals surface area contributed by atoms with Gasteiger partial charge in [0.1, 0.15) is 0 Å². The molecule has 1 aromatic heterocycles. The molecule has 1 fully saturated rings. The third-order valence-corrected chi connectivity index (χ3v) is 4.19. The average Bonchev–Trinajstić information content (AvgIpc) is 2.49. The van der Waals surface area contributed by atoms with Gasteiger partial charge < -0.3 is 4.90 Å². The summed E-state index contributed by atoms with van der Waals surface area (Å²) in [7, 11) is 0. The number of hydrogen-bond acceptors (Lipinski definition) is 3. The van der Waals surface area contributed by atoms with E-state index >= 15 is 0 Å². The standard InChI is InChI=1S/C16H18BrN3/c17-15-2-1-3-16(12-15)20-10-8-19(9-11-20)13-14-4-6-18-7-5-14/h1-7,12H,8-11,13H2. The van der Waals surface area contributed by atoms with Gasteiger partial charge in [-0.25, -0.2) is 0 Å². The highest BCUT2D eigenvalue weighted by Gasteiger charge is 2.17. The van der Waals surface area contributed by atoms with Gasteiger partial charge in [-0.2, -0.15) is 0 Å². The lowest BCUT2D eigenvalue weighted by Gasteiger charge is -2.36. The summed E-state index contributed by atoms with van der Waals surface area (Å²) in [6, 6.07) is 12.7. The van der Waals surface area contributed by atoms with Crippen LogP contribution < -0.4 is 4.90 Å². The fourth-order valence-corrected chi connectivity index (χ4v) is 2.97. The van der Waals surface area contributed by atoms with Crippen LogP contribution in [-0.4, -0.2) is 36.1 Å². The summed E-state index contributed by atoms with van der Waals surface area (Å²) in [5.74, 6) is 0. The Labute approximate surface area is 128 Å². The third kappa shape index (κ3) is 3.38. The molecule has 1 aromatic carbocycles. The largest absolute Gasteiger partial charge is 0.369 e. The lowest BCUT2D eigenvalue weighted by atomic mass is 10.2. The summed E-state index contributed by atoms with van der Waals surface area (Å²) < 4.78 is 1.15. The van der Waals surface area contributed by atoms with Crippen molar-refractivity contribution in [2.75, 3.05) is 31.1 Å². The predicted octanol–water partition coefficient (Wildman–Crippen LogP) is 3.17. The Morgan fingerprint density at radius 1 is 1.00 bits per heavy atom. The van der Waals surface area contributed by atoms with E-state index in [9.17, 15) is 0 Å². The first-order valence-electron chi connectivity index (χ1n) is 6.93. The van der Waals surface area contributed by atoms with Crippen molar-refractivity contribution in [3.63, 3.8) is 0 Å². The van der Waals surface area contributed by atoms with E-state index in [1.807, 2.05) is 12.4 Å². The Morgan fingerprint density at radius 3 is 2.45 bits per heavy atom. The summed E-state index contributed by atoms with van der Waals surface area (Å²) in [5.41, 5.74) is 2.65. The lowest BCUT2D eigenvalue weighted by molar-refractivity contribution is 0.250. The van der Waals surface area contributed by atoms with Gasteiger partial charge in [0, 0.05) is 55.3 Å². The van der Waals surface area contributed by atoms with Gasteiger partial charge in [-0.3, -0.25) is 9.88 Å². The third-order valence-electron chi connectivity index (χ3n) is 3.70. The molecule has 104 valence electrons. The molecule has 1 aliphatic heterocycles. The van der Waals surface area contributed by atoms with E-state index in [1.165, 1.54) is 11.3 Å². The van der Waals surface area contributed by atoms with Crippen LogP contribution in [0.4, 0.5) is 5.69 Å². The first kappa shape index (κ1) is 13.6. The summed E-state index contributed by atoms with van der Waals surface area (Å²) in [6.07, 6.45) is 3.74. The maximum Gasteiger partial charge on any atom is 0.0378 e. The first-order valence-corrected chi connectivity index (χ1v) is 7.72. The van der Waals surface area contributed by atoms with Crippen LogP contribution >= 0.6 is 15.9 Å². The Morgan fingerprint density at radius 2 is 1.75 bits per heavy atom. The molecule has 3 nitrogen and oxygen atoms in total. The van der Waals surface area contributed by atoms with Crippen molar-refractivity contribution in [1.82, 2.24) is 9.88 Å². The number of anilines is 1. The second-order valence-electron chi connectivity index (χ2n) is 5.10. The van der Waals surface area contributed by atoms with Crippen molar-refractivity contribution in [3.05, 3.63) is 58.8 Å². The molecule has 3 rings (SSSR count). The molecule has 1 saturated heterocycles. The molecule has 0 atom stereocenters. The van der Waals surface area contributed by atoms with Crippen LogP contribution in [0.25, 0.3) is 0 Å². The highest BCUT2D eigenvalue weighted by Crippen LogP contribution is 2.21. The minimum Gasteiger partial charge on any atom is -0.369 e. The summed E-state index contributed by atoms with van der Waals surface area (Å²) in [5, 5.41) is 0. The van der Waals surface area contributed by atoms with Crippen molar-refractivity contribution in [2.24, 2.45) is 0 Å². The fourth-order valence-electron chi connectivity index (χ4n) is 2.58. The molecule has 1 aliphatic rings. The minimum absolute atomic E-state index is 1.02. The number of benzene rings is 1. The molecular weight excluding hydrogens is 314 g/mol. The number of nitrogens with zero attached hydrogens (tertiary/aromatic N) is 3. The van der Waals surface area contributed by atoms with E-state index in [0.717, 1.165) is 37.2 Å². The van der Waals surface area contributed by atoms with E-state index in [-0.39, 0.29) is 0 Å². The van der Waals surface area contributed by atoms with E-state index in [0.29, 0.717) is 0 Å². The van der Waals surface area contributed by atoms with E-state index in [4.69, 9.17) is 0 Å². The second-order valence-corrected chi connectivity index (χ2v) is 6.01. The van der Waals surface area contributed by atoms with Crippen LogP contribution in [0.1, 0.15) is 5.56 Å². The molecule has 2 heterocycles. The average molecular weight is 332 g/mol. The van der Waals surface area contributed by atoms with Gasteiger partial charge in [0.05, 0.1) is 0 Å². The molecule has 0 bridgehead atoms. The molecule has 0 radical (unpaired) electrons. The number of aromatic nitrogens is 1. The van der Waals surface area contributed by atoms with E-state index in [1.54, 1.807) is 0 Å². The van der Waals surface area contributed by atoms with Crippen LogP contribution in [0.2, 0.25) is 0 Å². The molecular formula is C16H18BrN3. The highest BCUT2D eigenvalue weighted by molar-refractivity contribution is 9.10. The van der Waals surface area contributed by atoms with Crippen LogP contribution in [-0.2, 0) is 6.54 Å². The normalized spacial score (nSPS) is 16.4. The van der Waals surface area contributed by atoms with Gasteiger partial charge in [0.15, 0.2) is 0 Å². The van der Waals surface area contributed by atoms with E-state index in [2.05, 4.69) is 67.1 Å². The molecule has 0 saturated carbocycles. The SMILES string of the molecule is Brc1cccc(N2CCN(Cc3ccncc3)CC2)c1. The van der Waals surface area contributed by atoms with Crippen LogP contribution in [0.15, 0.2) is 53.3 Å². The van der Waals surface area contributed by atoms with E-state index < -0.39 is 0 Å². The zero-order chi connectivity index (χ0) is 13.8. The fraction of sp³-hybridized carbons (Fsp3) is 0.312. The number of piperazine rings is 1. The van der Waals surface area contributed by atoms with Gasteiger partial charge in [-0.1, -0.05) is 22.0 Å². The van der Waals surface area contributed by atoms with Crippen molar-refractivity contribution < 1.29 is 0 Å². The van der Waals surface area contributed by atoms with Gasteiger partial charge in [-0.15, -0.1) is 0 Å². The number of rotatable bonds is 3. The zero-order valence-electron chi connectivity index (χ0n) is 11.4. The molecule has 20 heavy (non-hydrogen) atoms. The predicted molar refractivity (Wildman–Crippen MR) is 85.9 cm³/mol. The Hall–Kier alpha value is -1.39. The maximum atomic E-state index is 4.07. The van der Waals surface area contributed by atoms with Gasteiger partial charge in [0.2, 0.25) is 0 Å². The van der Waals surface area contributed by atoms with Crippen molar-refractivity contribution >= 4 is 21.6 Å². The molecule has 4 heteroatoms. The molecule has 0 spiro atoms. The van der Waals surface area contributed by atoms with Crippen molar-refractivity contribution in [2.45, 2.75) is 6.54 Å². The smallest absolute Gasteiger partial charge is 0.0378 e. The molecule has 0 aliphatic carbocycles. The Balaban J connectivity index is 1.57. The monoisotopic (exact) mass is 331 g/mol. The topological polar surface area (TPSA) is 19.4 Å². The van der Waals surface area contributed by atoms with Gasteiger partial charge in [0.25, 0.3) is 0 Å². The maximum absolute atomic E-state index is 4.07. The lowest BCUT2D eigenvalue weighted by Crippen LogP contribution is -2.45. The molecule has 0 N–H and O–H groups in total. The van der Waals surface area contributed by atoms with Crippen molar-refractivity contribution in [3.8, 4) is 0 Å². The van der Waals surface area contributed by atoms with Gasteiger partial charge in [-0.05, 0) is 35.9 Å². The van der Waals surface area contributed by atoms with Gasteiger partial charge >= 0.3 is 0 Å². The van der Waals surface area contributed by atoms with Crippen molar-refractivity contribution in [1.29, 1.82) is 0 Å². The highest BCUT2D eigenvalue weighted by atomic mass is 79.9.